The molecule has 0 spiro atoms. The molecule has 1 fully saturated rings. The third-order valence-electron chi connectivity index (χ3n) is 3.87. The molecule has 16 heavy (non-hydrogen) atoms. The van der Waals surface area contributed by atoms with E-state index in [1.807, 2.05) is 0 Å². The van der Waals surface area contributed by atoms with Crippen molar-refractivity contribution in [1.82, 2.24) is 0 Å². The van der Waals surface area contributed by atoms with E-state index in [1.165, 1.54) is 0 Å². The molecule has 0 aromatic rings. The van der Waals surface area contributed by atoms with E-state index in [9.17, 15) is 13.5 Å². The van der Waals surface area contributed by atoms with Gasteiger partial charge in [0.15, 0.2) is 0 Å². The van der Waals surface area contributed by atoms with Crippen LogP contribution in [0.25, 0.3) is 0 Å². The lowest BCUT2D eigenvalue weighted by Gasteiger charge is -2.40. The van der Waals surface area contributed by atoms with E-state index in [2.05, 4.69) is 0 Å². The molecule has 4 nitrogen and oxygen atoms in total. The zero-order valence-electron chi connectivity index (χ0n) is 9.98. The second-order valence-corrected chi connectivity index (χ2v) is 7.29. The van der Waals surface area contributed by atoms with Gasteiger partial charge in [0.2, 0.25) is 0 Å². The Balaban J connectivity index is 2.66. The lowest BCUT2D eigenvalue weighted by Crippen LogP contribution is -2.45. The Kier molecular flexibility index (Phi) is 4.76. The summed E-state index contributed by atoms with van der Waals surface area (Å²) in [6, 6.07) is 0. The number of nitrogens with two attached hydrogens (primary N) is 1. The summed E-state index contributed by atoms with van der Waals surface area (Å²) in [5.41, 5.74) is 5.38. The smallest absolute Gasteiger partial charge is 0.150 e. The third kappa shape index (κ3) is 3.18. The van der Waals surface area contributed by atoms with Crippen LogP contribution in [0, 0.1) is 5.41 Å². The minimum Gasteiger partial charge on any atom is -0.393 e. The van der Waals surface area contributed by atoms with Crippen molar-refractivity contribution in [3.8, 4) is 0 Å². The van der Waals surface area contributed by atoms with Crippen molar-refractivity contribution >= 4 is 9.84 Å². The molecule has 5 heteroatoms. The maximum atomic E-state index is 11.5. The summed E-state index contributed by atoms with van der Waals surface area (Å²) < 4.78 is 23.0. The van der Waals surface area contributed by atoms with Crippen LogP contribution in [-0.2, 0) is 9.84 Å². The van der Waals surface area contributed by atoms with E-state index in [0.717, 1.165) is 25.7 Å². The zero-order valence-corrected chi connectivity index (χ0v) is 10.8. The van der Waals surface area contributed by atoms with Gasteiger partial charge in [-0.2, -0.15) is 0 Å². The molecule has 0 saturated heterocycles. The molecular weight excluding hydrogens is 226 g/mol. The minimum absolute atomic E-state index is 0.151. The zero-order chi connectivity index (χ0) is 12.2. The topological polar surface area (TPSA) is 80.4 Å². The molecule has 0 aliphatic heterocycles. The summed E-state index contributed by atoms with van der Waals surface area (Å²) in [4.78, 5) is 0. The molecule has 1 saturated carbocycles. The first-order valence-corrected chi connectivity index (χ1v) is 7.86. The molecule has 2 atom stereocenters. The van der Waals surface area contributed by atoms with Crippen molar-refractivity contribution in [2.75, 3.05) is 18.1 Å². The number of aliphatic hydroxyl groups is 1. The Labute approximate surface area is 98.1 Å². The Hall–Kier alpha value is -0.130. The normalized spacial score (nSPS) is 31.6. The fourth-order valence-corrected chi connectivity index (χ4v) is 3.43. The minimum atomic E-state index is -2.96. The summed E-state index contributed by atoms with van der Waals surface area (Å²) >= 11 is 0. The number of aliphatic hydroxyl groups excluding tert-OH is 1. The van der Waals surface area contributed by atoms with Crippen LogP contribution < -0.4 is 5.73 Å². The van der Waals surface area contributed by atoms with Crippen LogP contribution in [0.15, 0.2) is 0 Å². The van der Waals surface area contributed by atoms with Crippen LogP contribution in [-0.4, -0.2) is 37.7 Å². The second kappa shape index (κ2) is 5.47. The molecule has 0 heterocycles. The summed E-state index contributed by atoms with van der Waals surface area (Å²) in [6.07, 6.45) is 3.73. The number of hydrogen-bond acceptors (Lipinski definition) is 4. The van der Waals surface area contributed by atoms with Crippen molar-refractivity contribution in [3.05, 3.63) is 0 Å². The number of hydrogen-bond donors (Lipinski definition) is 2. The highest BCUT2D eigenvalue weighted by Gasteiger charge is 2.39. The fourth-order valence-electron chi connectivity index (χ4n) is 2.42. The third-order valence-corrected chi connectivity index (χ3v) is 5.57. The summed E-state index contributed by atoms with van der Waals surface area (Å²) in [7, 11) is -2.96. The molecule has 1 rings (SSSR count). The lowest BCUT2D eigenvalue weighted by atomic mass is 9.70. The van der Waals surface area contributed by atoms with Crippen LogP contribution >= 0.6 is 0 Å². The second-order valence-electron chi connectivity index (χ2n) is 4.81. The van der Waals surface area contributed by atoms with Crippen LogP contribution in [0.5, 0.6) is 0 Å². The predicted octanol–water partition coefficient (Wildman–Crippen LogP) is 0.691. The lowest BCUT2D eigenvalue weighted by molar-refractivity contribution is -0.00800. The van der Waals surface area contributed by atoms with Crippen molar-refractivity contribution in [3.63, 3.8) is 0 Å². The Morgan fingerprint density at radius 3 is 2.62 bits per heavy atom. The predicted molar refractivity (Wildman–Crippen MR) is 64.9 cm³/mol. The van der Waals surface area contributed by atoms with Gasteiger partial charge >= 0.3 is 0 Å². The number of sulfone groups is 1. The Bertz CT molecular complexity index is 315. The molecule has 0 radical (unpaired) electrons. The SMILES string of the molecule is CCS(=O)(=O)CCC1(CN)CCCCC1O. The van der Waals surface area contributed by atoms with E-state index in [0.29, 0.717) is 13.0 Å². The van der Waals surface area contributed by atoms with Gasteiger partial charge in [-0.1, -0.05) is 19.8 Å². The van der Waals surface area contributed by atoms with E-state index in [-0.39, 0.29) is 16.9 Å². The highest BCUT2D eigenvalue weighted by atomic mass is 32.2. The highest BCUT2D eigenvalue weighted by molar-refractivity contribution is 7.91. The van der Waals surface area contributed by atoms with E-state index < -0.39 is 15.9 Å². The van der Waals surface area contributed by atoms with Gasteiger partial charge in [0, 0.05) is 17.7 Å². The van der Waals surface area contributed by atoms with Crippen molar-refractivity contribution in [2.24, 2.45) is 11.1 Å². The van der Waals surface area contributed by atoms with Crippen LogP contribution in [0.1, 0.15) is 39.0 Å². The molecule has 96 valence electrons. The van der Waals surface area contributed by atoms with E-state index in [1.54, 1.807) is 6.92 Å². The van der Waals surface area contributed by atoms with E-state index in [4.69, 9.17) is 5.73 Å². The molecule has 0 bridgehead atoms. The average Bonchev–Trinajstić information content (AvgIpc) is 2.29. The molecule has 2 unspecified atom stereocenters. The Morgan fingerprint density at radius 1 is 1.44 bits per heavy atom. The maximum absolute atomic E-state index is 11.5. The van der Waals surface area contributed by atoms with Gasteiger partial charge in [-0.3, -0.25) is 0 Å². The fraction of sp³-hybridized carbons (Fsp3) is 1.00. The standard InChI is InChI=1S/C11H23NO3S/c1-2-16(14,15)8-7-11(9-12)6-4-3-5-10(11)13/h10,13H,2-9,12H2,1H3. The first-order valence-electron chi connectivity index (χ1n) is 6.04. The van der Waals surface area contributed by atoms with Gasteiger partial charge in [-0.05, 0) is 19.3 Å². The molecule has 3 N–H and O–H groups in total. The Morgan fingerprint density at radius 2 is 2.12 bits per heavy atom. The van der Waals surface area contributed by atoms with Crippen molar-refractivity contribution < 1.29 is 13.5 Å². The summed E-state index contributed by atoms with van der Waals surface area (Å²) in [5.74, 6) is 0.321. The van der Waals surface area contributed by atoms with E-state index >= 15 is 0 Å². The quantitative estimate of drug-likeness (QED) is 0.751. The molecule has 0 aromatic carbocycles. The van der Waals surface area contributed by atoms with Gasteiger partial charge in [-0.15, -0.1) is 0 Å². The maximum Gasteiger partial charge on any atom is 0.150 e. The van der Waals surface area contributed by atoms with Gasteiger partial charge in [0.05, 0.1) is 11.9 Å². The summed E-state index contributed by atoms with van der Waals surface area (Å²) in [5, 5.41) is 10.0. The molecule has 0 amide bonds. The highest BCUT2D eigenvalue weighted by Crippen LogP contribution is 2.38. The van der Waals surface area contributed by atoms with Gasteiger partial charge in [0.1, 0.15) is 9.84 Å². The average molecular weight is 249 g/mol. The van der Waals surface area contributed by atoms with Gasteiger partial charge < -0.3 is 10.8 Å². The van der Waals surface area contributed by atoms with Crippen molar-refractivity contribution in [2.45, 2.75) is 45.1 Å². The molecule has 0 aromatic heterocycles. The van der Waals surface area contributed by atoms with Crippen LogP contribution in [0.2, 0.25) is 0 Å². The van der Waals surface area contributed by atoms with Crippen LogP contribution in [0.3, 0.4) is 0 Å². The molecule has 1 aliphatic rings. The molecular formula is C11H23NO3S. The van der Waals surface area contributed by atoms with Crippen LogP contribution in [0.4, 0.5) is 0 Å². The van der Waals surface area contributed by atoms with Gasteiger partial charge in [0.25, 0.3) is 0 Å². The largest absolute Gasteiger partial charge is 0.393 e. The molecule has 1 aliphatic carbocycles. The summed E-state index contributed by atoms with van der Waals surface area (Å²) in [6.45, 7) is 2.04. The van der Waals surface area contributed by atoms with Crippen molar-refractivity contribution in [1.29, 1.82) is 0 Å². The van der Waals surface area contributed by atoms with Gasteiger partial charge in [-0.25, -0.2) is 8.42 Å². The monoisotopic (exact) mass is 249 g/mol. The first kappa shape index (κ1) is 13.9. The first-order chi connectivity index (χ1) is 7.46. The number of rotatable bonds is 5.